The van der Waals surface area contributed by atoms with Crippen LogP contribution >= 0.6 is 0 Å². The minimum atomic E-state index is -0.385. The summed E-state index contributed by atoms with van der Waals surface area (Å²) in [6.45, 7) is 4.99. The van der Waals surface area contributed by atoms with Crippen LogP contribution in [0.4, 0.5) is 0 Å². The highest BCUT2D eigenvalue weighted by atomic mass is 16.7. The van der Waals surface area contributed by atoms with Gasteiger partial charge in [0, 0.05) is 24.9 Å². The van der Waals surface area contributed by atoms with Crippen LogP contribution in [-0.4, -0.2) is 37.1 Å². The van der Waals surface area contributed by atoms with Crippen LogP contribution in [-0.2, 0) is 9.47 Å². The van der Waals surface area contributed by atoms with Gasteiger partial charge in [0.2, 0.25) is 0 Å². The summed E-state index contributed by atoms with van der Waals surface area (Å²) in [6.07, 6.45) is 5.57. The fourth-order valence-corrected chi connectivity index (χ4v) is 3.34. The van der Waals surface area contributed by atoms with Gasteiger partial charge in [0.25, 0.3) is 5.91 Å². The molecule has 1 heterocycles. The van der Waals surface area contributed by atoms with E-state index in [1.165, 1.54) is 6.42 Å². The van der Waals surface area contributed by atoms with Crippen molar-refractivity contribution in [3.63, 3.8) is 0 Å². The van der Waals surface area contributed by atoms with E-state index in [9.17, 15) is 4.79 Å². The number of amides is 1. The minimum absolute atomic E-state index is 0.0596. The number of ether oxygens (including phenoxy) is 3. The van der Waals surface area contributed by atoms with Crippen molar-refractivity contribution in [2.75, 3.05) is 13.2 Å². The molecule has 5 heteroatoms. The van der Waals surface area contributed by atoms with Gasteiger partial charge in [-0.05, 0) is 51.0 Å². The Balaban J connectivity index is 1.47. The Morgan fingerprint density at radius 1 is 1.25 bits per heavy atom. The molecule has 1 aromatic carbocycles. The van der Waals surface area contributed by atoms with E-state index in [2.05, 4.69) is 5.32 Å². The van der Waals surface area contributed by atoms with Gasteiger partial charge >= 0.3 is 0 Å². The lowest BCUT2D eigenvalue weighted by molar-refractivity contribution is -0.186. The molecule has 1 aliphatic heterocycles. The first-order valence-corrected chi connectivity index (χ1v) is 8.93. The highest BCUT2D eigenvalue weighted by Crippen LogP contribution is 2.37. The summed E-state index contributed by atoms with van der Waals surface area (Å²) < 4.78 is 17.6. The third-order valence-electron chi connectivity index (χ3n) is 4.51. The van der Waals surface area contributed by atoms with Crippen molar-refractivity contribution < 1.29 is 19.0 Å². The van der Waals surface area contributed by atoms with Gasteiger partial charge in [-0.25, -0.2) is 0 Å². The smallest absolute Gasteiger partial charge is 0.251 e. The molecule has 1 aliphatic carbocycles. The van der Waals surface area contributed by atoms with Crippen LogP contribution in [0.5, 0.6) is 5.75 Å². The molecule has 1 saturated carbocycles. The molecule has 1 N–H and O–H groups in total. The van der Waals surface area contributed by atoms with E-state index < -0.39 is 0 Å². The molecule has 0 unspecified atom stereocenters. The molecule has 1 amide bonds. The molecular weight excluding hydrogens is 306 g/mol. The van der Waals surface area contributed by atoms with Gasteiger partial charge in [-0.3, -0.25) is 4.79 Å². The zero-order chi connectivity index (χ0) is 17.0. The van der Waals surface area contributed by atoms with Crippen LogP contribution < -0.4 is 10.1 Å². The highest BCUT2D eigenvalue weighted by Gasteiger charge is 2.42. The van der Waals surface area contributed by atoms with Crippen molar-refractivity contribution in [1.29, 1.82) is 0 Å². The van der Waals surface area contributed by atoms with Crippen molar-refractivity contribution in [2.45, 2.75) is 63.9 Å². The number of nitrogens with one attached hydrogen (secondary N) is 1. The number of carbonyl (C=O) groups excluding carboxylic acids is 1. The third kappa shape index (κ3) is 4.28. The van der Waals surface area contributed by atoms with E-state index in [-0.39, 0.29) is 23.9 Å². The van der Waals surface area contributed by atoms with Gasteiger partial charge in [-0.2, -0.15) is 0 Å². The molecule has 0 aromatic heterocycles. The topological polar surface area (TPSA) is 56.8 Å². The summed E-state index contributed by atoms with van der Waals surface area (Å²) >= 11 is 0. The number of rotatable bonds is 5. The molecule has 132 valence electrons. The molecule has 1 atom stereocenters. The van der Waals surface area contributed by atoms with E-state index >= 15 is 0 Å². The third-order valence-corrected chi connectivity index (χ3v) is 4.51. The first kappa shape index (κ1) is 17.2. The van der Waals surface area contributed by atoms with Crippen LogP contribution in [0.15, 0.2) is 24.3 Å². The maximum Gasteiger partial charge on any atom is 0.251 e. The maximum absolute atomic E-state index is 12.3. The van der Waals surface area contributed by atoms with Crippen molar-refractivity contribution in [3.8, 4) is 5.75 Å². The Labute approximate surface area is 143 Å². The summed E-state index contributed by atoms with van der Waals surface area (Å²) in [5.74, 6) is 0.288. The molecule has 2 fully saturated rings. The molecule has 3 rings (SSSR count). The fraction of sp³-hybridized carbons (Fsp3) is 0.632. The van der Waals surface area contributed by atoms with E-state index in [1.54, 1.807) is 12.1 Å². The van der Waals surface area contributed by atoms with Crippen LogP contribution in [0.25, 0.3) is 0 Å². The van der Waals surface area contributed by atoms with Crippen LogP contribution in [0.2, 0.25) is 0 Å². The Morgan fingerprint density at radius 2 is 1.96 bits per heavy atom. The number of benzene rings is 1. The Bertz CT molecular complexity index is 549. The second-order valence-corrected chi connectivity index (χ2v) is 6.92. The monoisotopic (exact) mass is 333 g/mol. The zero-order valence-corrected chi connectivity index (χ0v) is 14.5. The predicted octanol–water partition coefficient (Wildman–Crippen LogP) is 3.28. The van der Waals surface area contributed by atoms with Crippen molar-refractivity contribution >= 4 is 5.91 Å². The SMILES string of the molecule is CC(C)Oc1ccc(C(=O)NC[C@H]2COC3(CCCCC3)O2)cc1. The first-order valence-electron chi connectivity index (χ1n) is 8.93. The lowest BCUT2D eigenvalue weighted by Gasteiger charge is -2.31. The number of carbonyl (C=O) groups is 1. The van der Waals surface area contributed by atoms with Gasteiger partial charge in [-0.1, -0.05) is 6.42 Å². The number of hydrogen-bond acceptors (Lipinski definition) is 4. The molecule has 5 nitrogen and oxygen atoms in total. The molecule has 0 bridgehead atoms. The van der Waals surface area contributed by atoms with E-state index in [1.807, 2.05) is 26.0 Å². The quantitative estimate of drug-likeness (QED) is 0.898. The molecule has 1 saturated heterocycles. The lowest BCUT2D eigenvalue weighted by atomic mass is 9.94. The van der Waals surface area contributed by atoms with Gasteiger partial charge < -0.3 is 19.5 Å². The van der Waals surface area contributed by atoms with E-state index in [4.69, 9.17) is 14.2 Å². The summed E-state index contributed by atoms with van der Waals surface area (Å²) in [6, 6.07) is 7.20. The second-order valence-electron chi connectivity index (χ2n) is 6.92. The van der Waals surface area contributed by atoms with E-state index in [0.29, 0.717) is 18.7 Å². The number of hydrogen-bond donors (Lipinski definition) is 1. The predicted molar refractivity (Wildman–Crippen MR) is 91.2 cm³/mol. The minimum Gasteiger partial charge on any atom is -0.491 e. The maximum atomic E-state index is 12.3. The molecule has 1 spiro atoms. The van der Waals surface area contributed by atoms with Crippen LogP contribution in [0.1, 0.15) is 56.3 Å². The lowest BCUT2D eigenvalue weighted by Crippen LogP contribution is -2.37. The fourth-order valence-electron chi connectivity index (χ4n) is 3.34. The first-order chi connectivity index (χ1) is 11.6. The molecular formula is C19H27NO4. The normalized spacial score (nSPS) is 22.7. The average molecular weight is 333 g/mol. The zero-order valence-electron chi connectivity index (χ0n) is 14.5. The largest absolute Gasteiger partial charge is 0.491 e. The van der Waals surface area contributed by atoms with Crippen molar-refractivity contribution in [1.82, 2.24) is 5.32 Å². The summed E-state index contributed by atoms with van der Waals surface area (Å²) in [5.41, 5.74) is 0.623. The summed E-state index contributed by atoms with van der Waals surface area (Å²) in [5, 5.41) is 2.94. The van der Waals surface area contributed by atoms with E-state index in [0.717, 1.165) is 31.4 Å². The second kappa shape index (κ2) is 7.53. The summed E-state index contributed by atoms with van der Waals surface area (Å²) in [7, 11) is 0. The molecule has 1 aromatic rings. The van der Waals surface area contributed by atoms with Gasteiger partial charge in [0.15, 0.2) is 5.79 Å². The standard InChI is InChI=1S/C19H27NO4/c1-14(2)23-16-8-6-15(7-9-16)18(21)20-12-17-13-22-19(24-17)10-4-3-5-11-19/h6-9,14,17H,3-5,10-13H2,1-2H3,(H,20,21)/t17-/m0/s1. The summed E-state index contributed by atoms with van der Waals surface area (Å²) in [4.78, 5) is 12.3. The Hall–Kier alpha value is -1.59. The van der Waals surface area contributed by atoms with Crippen LogP contribution in [0.3, 0.4) is 0 Å². The molecule has 2 aliphatic rings. The van der Waals surface area contributed by atoms with Crippen molar-refractivity contribution in [3.05, 3.63) is 29.8 Å². The van der Waals surface area contributed by atoms with Gasteiger partial charge in [0.05, 0.1) is 12.7 Å². The van der Waals surface area contributed by atoms with Crippen molar-refractivity contribution in [2.24, 2.45) is 0 Å². The molecule has 0 radical (unpaired) electrons. The molecule has 24 heavy (non-hydrogen) atoms. The van der Waals surface area contributed by atoms with Gasteiger partial charge in [0.1, 0.15) is 11.9 Å². The van der Waals surface area contributed by atoms with Gasteiger partial charge in [-0.15, -0.1) is 0 Å². The van der Waals surface area contributed by atoms with Crippen LogP contribution in [0, 0.1) is 0 Å². The Morgan fingerprint density at radius 3 is 2.62 bits per heavy atom. The Kier molecular flexibility index (Phi) is 5.41. The highest BCUT2D eigenvalue weighted by molar-refractivity contribution is 5.94. The average Bonchev–Trinajstić information content (AvgIpc) is 2.96.